The summed E-state index contributed by atoms with van der Waals surface area (Å²) in [6.07, 6.45) is 3.66. The van der Waals surface area contributed by atoms with Gasteiger partial charge in [-0.25, -0.2) is 9.37 Å². The molecule has 0 spiro atoms. The zero-order valence-electron chi connectivity index (χ0n) is 18.4. The Bertz CT molecular complexity index is 1140. The minimum atomic E-state index is -0.304. The topological polar surface area (TPSA) is 73.1 Å². The van der Waals surface area contributed by atoms with E-state index in [2.05, 4.69) is 22.1 Å². The highest BCUT2D eigenvalue weighted by Crippen LogP contribution is 2.47. The van der Waals surface area contributed by atoms with E-state index in [0.717, 1.165) is 24.2 Å². The molecule has 3 aromatic rings. The lowest BCUT2D eigenvalue weighted by atomic mass is 9.64. The second-order valence-electron chi connectivity index (χ2n) is 8.88. The first-order chi connectivity index (χ1) is 15.4. The maximum absolute atomic E-state index is 13.9. The van der Waals surface area contributed by atoms with Crippen LogP contribution >= 0.6 is 0 Å². The average Bonchev–Trinajstić information content (AvgIpc) is 3.18. The van der Waals surface area contributed by atoms with E-state index in [4.69, 9.17) is 4.74 Å². The van der Waals surface area contributed by atoms with Crippen molar-refractivity contribution in [2.24, 2.45) is 11.8 Å². The van der Waals surface area contributed by atoms with Crippen molar-refractivity contribution < 1.29 is 13.9 Å². The third kappa shape index (κ3) is 3.63. The summed E-state index contributed by atoms with van der Waals surface area (Å²) in [5.41, 5.74) is 2.45. The molecule has 4 heterocycles. The summed E-state index contributed by atoms with van der Waals surface area (Å²) < 4.78 is 19.2. The SMILES string of the molecule is Cc1ccc(-n2ncc(C)n2)c(C(=O)N2C3CC(C3)[C@@H](C)C2COc2ccc(F)cc2)n1. The van der Waals surface area contributed by atoms with Crippen LogP contribution in [-0.2, 0) is 0 Å². The molecule has 1 amide bonds. The Labute approximate surface area is 186 Å². The molecule has 166 valence electrons. The van der Waals surface area contributed by atoms with E-state index in [1.807, 2.05) is 30.9 Å². The van der Waals surface area contributed by atoms with E-state index in [-0.39, 0.29) is 23.8 Å². The van der Waals surface area contributed by atoms with E-state index in [1.54, 1.807) is 18.3 Å². The van der Waals surface area contributed by atoms with Crippen LogP contribution in [0.15, 0.2) is 42.6 Å². The number of pyridine rings is 1. The van der Waals surface area contributed by atoms with Crippen LogP contribution < -0.4 is 4.74 Å². The highest BCUT2D eigenvalue weighted by Gasteiger charge is 2.51. The minimum Gasteiger partial charge on any atom is -0.491 e. The van der Waals surface area contributed by atoms with Gasteiger partial charge in [-0.1, -0.05) is 6.92 Å². The van der Waals surface area contributed by atoms with Crippen LogP contribution in [0.1, 0.15) is 41.6 Å². The molecule has 8 heteroatoms. The van der Waals surface area contributed by atoms with Gasteiger partial charge in [0, 0.05) is 11.7 Å². The Morgan fingerprint density at radius 1 is 1.12 bits per heavy atom. The molecule has 0 radical (unpaired) electrons. The highest BCUT2D eigenvalue weighted by atomic mass is 19.1. The number of fused-ring (bicyclic) bond motifs is 2. The second-order valence-corrected chi connectivity index (χ2v) is 8.88. The molecule has 3 fully saturated rings. The van der Waals surface area contributed by atoms with Crippen molar-refractivity contribution in [3.63, 3.8) is 0 Å². The van der Waals surface area contributed by atoms with E-state index in [1.165, 1.54) is 16.9 Å². The van der Waals surface area contributed by atoms with Crippen LogP contribution in [0.3, 0.4) is 0 Å². The number of hydrogen-bond acceptors (Lipinski definition) is 5. The molecule has 6 rings (SSSR count). The molecule has 0 N–H and O–H groups in total. The first-order valence-corrected chi connectivity index (χ1v) is 11.0. The number of piperidine rings is 2. The van der Waals surface area contributed by atoms with Crippen molar-refractivity contribution >= 4 is 5.91 Å². The fourth-order valence-electron chi connectivity index (χ4n) is 4.83. The molecule has 1 aliphatic carbocycles. The number of benzene rings is 1. The van der Waals surface area contributed by atoms with Crippen molar-refractivity contribution in [2.75, 3.05) is 6.61 Å². The third-order valence-corrected chi connectivity index (χ3v) is 6.76. The van der Waals surface area contributed by atoms with Gasteiger partial charge in [-0.05, 0) is 74.9 Å². The molecule has 2 saturated heterocycles. The van der Waals surface area contributed by atoms with Crippen molar-refractivity contribution in [2.45, 2.75) is 45.7 Å². The van der Waals surface area contributed by atoms with Gasteiger partial charge in [0.2, 0.25) is 0 Å². The molecule has 32 heavy (non-hydrogen) atoms. The standard InChI is InChI=1S/C24H26FN5O2/c1-14-4-9-21(30-26-12-15(2)28-30)23(27-14)24(31)29-19-10-17(11-19)16(3)22(29)13-32-20-7-5-18(25)6-8-20/h4-9,12,16-17,19,22H,10-11,13H2,1-3H3/t16-,17?,19?,22?/m1/s1. The van der Waals surface area contributed by atoms with Gasteiger partial charge in [0.05, 0.1) is 17.9 Å². The maximum atomic E-state index is 13.9. The van der Waals surface area contributed by atoms with E-state index < -0.39 is 0 Å². The Morgan fingerprint density at radius 2 is 1.88 bits per heavy atom. The quantitative estimate of drug-likeness (QED) is 0.611. The summed E-state index contributed by atoms with van der Waals surface area (Å²) in [6, 6.07) is 9.77. The zero-order chi connectivity index (χ0) is 22.4. The molecule has 2 atom stereocenters. The molecular formula is C24H26FN5O2. The van der Waals surface area contributed by atoms with Crippen LogP contribution in [0, 0.1) is 31.5 Å². The van der Waals surface area contributed by atoms with Crippen LogP contribution in [0.25, 0.3) is 5.69 Å². The van der Waals surface area contributed by atoms with Gasteiger partial charge >= 0.3 is 0 Å². The normalized spacial score (nSPS) is 24.2. The Balaban J connectivity index is 1.46. The molecular weight excluding hydrogens is 409 g/mol. The fourth-order valence-corrected chi connectivity index (χ4v) is 4.83. The molecule has 1 unspecified atom stereocenters. The minimum absolute atomic E-state index is 0.0902. The monoisotopic (exact) mass is 435 g/mol. The van der Waals surface area contributed by atoms with Crippen LogP contribution in [0.5, 0.6) is 5.75 Å². The van der Waals surface area contributed by atoms with Gasteiger partial charge in [0.15, 0.2) is 5.69 Å². The van der Waals surface area contributed by atoms with E-state index in [9.17, 15) is 9.18 Å². The summed E-state index contributed by atoms with van der Waals surface area (Å²) in [4.78, 5) is 21.9. The van der Waals surface area contributed by atoms with Gasteiger partial charge in [-0.3, -0.25) is 4.79 Å². The summed E-state index contributed by atoms with van der Waals surface area (Å²) in [5, 5.41) is 8.67. The Kier molecular flexibility index (Phi) is 5.15. The molecule has 2 bridgehead atoms. The number of aryl methyl sites for hydroxylation is 2. The second kappa shape index (κ2) is 8.00. The van der Waals surface area contributed by atoms with Crippen molar-refractivity contribution in [1.29, 1.82) is 0 Å². The van der Waals surface area contributed by atoms with Crippen molar-refractivity contribution in [1.82, 2.24) is 24.9 Å². The van der Waals surface area contributed by atoms with Crippen molar-refractivity contribution in [3.05, 3.63) is 65.5 Å². The number of aromatic nitrogens is 4. The number of rotatable bonds is 5. The largest absolute Gasteiger partial charge is 0.491 e. The molecule has 1 aromatic carbocycles. The number of halogens is 1. The highest BCUT2D eigenvalue weighted by molar-refractivity contribution is 5.96. The Hall–Kier alpha value is -3.29. The molecule has 7 nitrogen and oxygen atoms in total. The smallest absolute Gasteiger partial charge is 0.275 e. The summed E-state index contributed by atoms with van der Waals surface area (Å²) in [6.45, 7) is 6.26. The molecule has 3 aliphatic rings. The zero-order valence-corrected chi connectivity index (χ0v) is 18.4. The number of carbonyl (C=O) groups excluding carboxylic acids is 1. The molecule has 1 saturated carbocycles. The number of ether oxygens (including phenoxy) is 1. The first-order valence-electron chi connectivity index (χ1n) is 11.0. The number of hydrogen-bond donors (Lipinski definition) is 0. The van der Waals surface area contributed by atoms with Crippen LogP contribution in [-0.4, -0.2) is 49.5 Å². The van der Waals surface area contributed by atoms with E-state index >= 15 is 0 Å². The summed E-state index contributed by atoms with van der Waals surface area (Å²) in [5.74, 6) is 1.05. The lowest BCUT2D eigenvalue weighted by molar-refractivity contribution is -0.0673. The first kappa shape index (κ1) is 20.6. The van der Waals surface area contributed by atoms with Gasteiger partial charge in [0.1, 0.15) is 23.9 Å². The Morgan fingerprint density at radius 3 is 2.56 bits per heavy atom. The van der Waals surface area contributed by atoms with E-state index in [0.29, 0.717) is 35.6 Å². The molecule has 2 aliphatic heterocycles. The van der Waals surface area contributed by atoms with Crippen molar-refractivity contribution in [3.8, 4) is 11.4 Å². The lowest BCUT2D eigenvalue weighted by Crippen LogP contribution is -2.64. The average molecular weight is 436 g/mol. The van der Waals surface area contributed by atoms with Gasteiger partial charge in [-0.15, -0.1) is 4.80 Å². The van der Waals surface area contributed by atoms with Gasteiger partial charge in [-0.2, -0.15) is 10.2 Å². The van der Waals surface area contributed by atoms with Gasteiger partial charge in [0.25, 0.3) is 5.91 Å². The van der Waals surface area contributed by atoms with Gasteiger partial charge < -0.3 is 9.64 Å². The number of carbonyl (C=O) groups is 1. The summed E-state index contributed by atoms with van der Waals surface area (Å²) >= 11 is 0. The lowest BCUT2D eigenvalue weighted by Gasteiger charge is -2.57. The maximum Gasteiger partial charge on any atom is 0.275 e. The number of nitrogens with zero attached hydrogens (tertiary/aromatic N) is 5. The summed E-state index contributed by atoms with van der Waals surface area (Å²) in [7, 11) is 0. The van der Waals surface area contributed by atoms with Crippen LogP contribution in [0.4, 0.5) is 4.39 Å². The van der Waals surface area contributed by atoms with Crippen LogP contribution in [0.2, 0.25) is 0 Å². The fraction of sp³-hybridized carbons (Fsp3) is 0.417. The predicted molar refractivity (Wildman–Crippen MR) is 116 cm³/mol. The molecule has 2 aromatic heterocycles. The predicted octanol–water partition coefficient (Wildman–Crippen LogP) is 3.74. The third-order valence-electron chi connectivity index (χ3n) is 6.76. The number of amides is 1.